The fourth-order valence-corrected chi connectivity index (χ4v) is 2.45. The molecule has 0 unspecified atom stereocenters. The summed E-state index contributed by atoms with van der Waals surface area (Å²) < 4.78 is 18.7. The Kier molecular flexibility index (Phi) is 4.55. The highest BCUT2D eigenvalue weighted by molar-refractivity contribution is 5.28. The molecular formula is C14H20FNO2. The fourth-order valence-electron chi connectivity index (χ4n) is 2.45. The molecule has 4 heteroatoms. The van der Waals surface area contributed by atoms with Crippen LogP contribution in [0.25, 0.3) is 0 Å². The molecule has 1 aliphatic rings. The van der Waals surface area contributed by atoms with Crippen molar-refractivity contribution in [3.63, 3.8) is 0 Å². The Morgan fingerprint density at radius 2 is 2.06 bits per heavy atom. The zero-order chi connectivity index (χ0) is 13.0. The first kappa shape index (κ1) is 13.3. The van der Waals surface area contributed by atoms with E-state index in [9.17, 15) is 9.50 Å². The van der Waals surface area contributed by atoms with E-state index in [1.165, 1.54) is 6.07 Å². The van der Waals surface area contributed by atoms with Crippen molar-refractivity contribution in [2.45, 2.75) is 32.4 Å². The number of benzene rings is 1. The molecule has 0 aromatic heterocycles. The van der Waals surface area contributed by atoms with Crippen molar-refractivity contribution in [1.29, 1.82) is 0 Å². The van der Waals surface area contributed by atoms with Crippen molar-refractivity contribution in [3.05, 3.63) is 29.6 Å². The topological polar surface area (TPSA) is 32.7 Å². The van der Waals surface area contributed by atoms with Crippen LogP contribution in [0, 0.1) is 5.82 Å². The van der Waals surface area contributed by atoms with Gasteiger partial charge in [0.2, 0.25) is 0 Å². The van der Waals surface area contributed by atoms with E-state index >= 15 is 0 Å². The maximum atomic E-state index is 13.1. The molecule has 0 bridgehead atoms. The molecule has 0 radical (unpaired) electrons. The van der Waals surface area contributed by atoms with Crippen LogP contribution in [0.4, 0.5) is 4.39 Å². The molecule has 1 saturated heterocycles. The number of phenols is 1. The van der Waals surface area contributed by atoms with Crippen LogP contribution in [-0.2, 0) is 11.3 Å². The number of piperidine rings is 1. The molecule has 0 spiro atoms. The van der Waals surface area contributed by atoms with Crippen molar-refractivity contribution in [1.82, 2.24) is 4.90 Å². The minimum atomic E-state index is -0.380. The van der Waals surface area contributed by atoms with E-state index in [2.05, 4.69) is 4.90 Å². The number of rotatable bonds is 4. The molecule has 2 rings (SSSR count). The number of aromatic hydroxyl groups is 1. The fraction of sp³-hybridized carbons (Fsp3) is 0.571. The van der Waals surface area contributed by atoms with Gasteiger partial charge in [-0.3, -0.25) is 4.90 Å². The standard InChI is InChI=1S/C14H20FNO2/c1-2-18-14-3-5-16(6-4-14)10-11-7-12(15)9-13(17)8-11/h7-9,14,17H,2-6,10H2,1H3. The molecule has 1 aromatic carbocycles. The van der Waals surface area contributed by atoms with Crippen molar-refractivity contribution in [2.24, 2.45) is 0 Å². The molecule has 18 heavy (non-hydrogen) atoms. The third kappa shape index (κ3) is 3.68. The van der Waals surface area contributed by atoms with Gasteiger partial charge in [-0.15, -0.1) is 0 Å². The van der Waals surface area contributed by atoms with Crippen LogP contribution >= 0.6 is 0 Å². The highest BCUT2D eigenvalue weighted by Crippen LogP contribution is 2.19. The average Bonchev–Trinajstić information content (AvgIpc) is 2.31. The molecule has 1 N–H and O–H groups in total. The lowest BCUT2D eigenvalue weighted by molar-refractivity contribution is 0.0125. The Balaban J connectivity index is 1.87. The minimum Gasteiger partial charge on any atom is -0.508 e. The number of nitrogens with zero attached hydrogens (tertiary/aromatic N) is 1. The largest absolute Gasteiger partial charge is 0.508 e. The summed E-state index contributed by atoms with van der Waals surface area (Å²) >= 11 is 0. The lowest BCUT2D eigenvalue weighted by atomic mass is 10.1. The molecule has 100 valence electrons. The second kappa shape index (κ2) is 6.16. The predicted molar refractivity (Wildman–Crippen MR) is 68.0 cm³/mol. The van der Waals surface area contributed by atoms with E-state index in [4.69, 9.17) is 4.74 Å². The summed E-state index contributed by atoms with van der Waals surface area (Å²) in [7, 11) is 0. The zero-order valence-electron chi connectivity index (χ0n) is 10.7. The highest BCUT2D eigenvalue weighted by atomic mass is 19.1. The summed E-state index contributed by atoms with van der Waals surface area (Å²) in [5, 5.41) is 9.36. The number of hydrogen-bond acceptors (Lipinski definition) is 3. The van der Waals surface area contributed by atoms with Crippen LogP contribution in [0.2, 0.25) is 0 Å². The second-order valence-electron chi connectivity index (χ2n) is 4.75. The maximum Gasteiger partial charge on any atom is 0.127 e. The van der Waals surface area contributed by atoms with E-state index in [0.717, 1.165) is 44.2 Å². The zero-order valence-corrected chi connectivity index (χ0v) is 10.7. The normalized spacial score (nSPS) is 18.1. The van der Waals surface area contributed by atoms with Gasteiger partial charge in [-0.1, -0.05) is 0 Å². The molecule has 0 aliphatic carbocycles. The van der Waals surface area contributed by atoms with Crippen LogP contribution in [0.3, 0.4) is 0 Å². The first-order chi connectivity index (χ1) is 8.67. The quantitative estimate of drug-likeness (QED) is 0.895. The first-order valence-corrected chi connectivity index (χ1v) is 6.49. The van der Waals surface area contributed by atoms with E-state index < -0.39 is 0 Å². The number of hydrogen-bond donors (Lipinski definition) is 1. The SMILES string of the molecule is CCOC1CCN(Cc2cc(O)cc(F)c2)CC1. The molecule has 1 aromatic rings. The van der Waals surface area contributed by atoms with Crippen molar-refractivity contribution < 1.29 is 14.2 Å². The van der Waals surface area contributed by atoms with Gasteiger partial charge in [0.15, 0.2) is 0 Å². The Hall–Kier alpha value is -1.13. The molecule has 1 aliphatic heterocycles. The molecule has 0 atom stereocenters. The number of likely N-dealkylation sites (tertiary alicyclic amines) is 1. The molecular weight excluding hydrogens is 233 g/mol. The smallest absolute Gasteiger partial charge is 0.127 e. The van der Waals surface area contributed by atoms with Crippen LogP contribution in [0.15, 0.2) is 18.2 Å². The van der Waals surface area contributed by atoms with Gasteiger partial charge < -0.3 is 9.84 Å². The number of halogens is 1. The summed E-state index contributed by atoms with van der Waals surface area (Å²) in [4.78, 5) is 2.27. The molecule has 1 fully saturated rings. The van der Waals surface area contributed by atoms with Crippen LogP contribution < -0.4 is 0 Å². The lowest BCUT2D eigenvalue weighted by Gasteiger charge is -2.31. The van der Waals surface area contributed by atoms with Crippen LogP contribution in [0.1, 0.15) is 25.3 Å². The van der Waals surface area contributed by atoms with E-state index in [0.29, 0.717) is 12.6 Å². The Morgan fingerprint density at radius 3 is 2.67 bits per heavy atom. The maximum absolute atomic E-state index is 13.1. The number of ether oxygens (including phenoxy) is 1. The van der Waals surface area contributed by atoms with E-state index in [1.54, 1.807) is 6.07 Å². The minimum absolute atomic E-state index is 0.00537. The van der Waals surface area contributed by atoms with E-state index in [1.807, 2.05) is 6.92 Å². The van der Waals surface area contributed by atoms with Gasteiger partial charge in [-0.25, -0.2) is 4.39 Å². The molecule has 1 heterocycles. The Bertz CT molecular complexity index is 369. The second-order valence-corrected chi connectivity index (χ2v) is 4.75. The molecule has 0 amide bonds. The molecule has 0 saturated carbocycles. The third-order valence-electron chi connectivity index (χ3n) is 3.29. The summed E-state index contributed by atoms with van der Waals surface area (Å²) in [6.07, 6.45) is 2.41. The Labute approximate surface area is 107 Å². The van der Waals surface area contributed by atoms with Gasteiger partial charge in [0, 0.05) is 32.3 Å². The van der Waals surface area contributed by atoms with Gasteiger partial charge in [0.25, 0.3) is 0 Å². The monoisotopic (exact) mass is 253 g/mol. The van der Waals surface area contributed by atoms with Gasteiger partial charge in [0.1, 0.15) is 11.6 Å². The van der Waals surface area contributed by atoms with Crippen LogP contribution in [0.5, 0.6) is 5.75 Å². The van der Waals surface area contributed by atoms with Crippen molar-refractivity contribution in [3.8, 4) is 5.75 Å². The highest BCUT2D eigenvalue weighted by Gasteiger charge is 2.19. The summed E-state index contributed by atoms with van der Waals surface area (Å²) in [6.45, 7) is 5.39. The van der Waals surface area contributed by atoms with Gasteiger partial charge in [-0.2, -0.15) is 0 Å². The first-order valence-electron chi connectivity index (χ1n) is 6.49. The lowest BCUT2D eigenvalue weighted by Crippen LogP contribution is -2.36. The average molecular weight is 253 g/mol. The van der Waals surface area contributed by atoms with Crippen LogP contribution in [-0.4, -0.2) is 35.8 Å². The third-order valence-corrected chi connectivity index (χ3v) is 3.29. The predicted octanol–water partition coefficient (Wildman–Crippen LogP) is 2.53. The summed E-state index contributed by atoms with van der Waals surface area (Å²) in [6, 6.07) is 4.23. The summed E-state index contributed by atoms with van der Waals surface area (Å²) in [5.41, 5.74) is 0.822. The number of phenolic OH excluding ortho intramolecular Hbond substituents is 1. The Morgan fingerprint density at radius 1 is 1.33 bits per heavy atom. The van der Waals surface area contributed by atoms with Gasteiger partial charge >= 0.3 is 0 Å². The van der Waals surface area contributed by atoms with Crippen molar-refractivity contribution in [2.75, 3.05) is 19.7 Å². The molecule has 3 nitrogen and oxygen atoms in total. The van der Waals surface area contributed by atoms with Gasteiger partial charge in [-0.05, 0) is 37.5 Å². The summed E-state index contributed by atoms with van der Waals surface area (Å²) in [5.74, 6) is -0.386. The van der Waals surface area contributed by atoms with Gasteiger partial charge in [0.05, 0.1) is 6.10 Å². The van der Waals surface area contributed by atoms with E-state index in [-0.39, 0.29) is 11.6 Å². The van der Waals surface area contributed by atoms with Crippen molar-refractivity contribution >= 4 is 0 Å².